The zero-order valence-corrected chi connectivity index (χ0v) is 19.4. The zero-order valence-electron chi connectivity index (χ0n) is 19.4. The largest absolute Gasteiger partial charge is 0.377 e. The molecule has 10 nitrogen and oxygen atoms in total. The molecule has 0 unspecified atom stereocenters. The van der Waals surface area contributed by atoms with Crippen molar-refractivity contribution in [2.24, 2.45) is 5.73 Å². The van der Waals surface area contributed by atoms with Crippen molar-refractivity contribution in [3.63, 3.8) is 0 Å². The number of hydrogen-bond donors (Lipinski definition) is 3. The van der Waals surface area contributed by atoms with Crippen molar-refractivity contribution in [3.8, 4) is 17.3 Å². The van der Waals surface area contributed by atoms with Gasteiger partial charge < -0.3 is 21.1 Å². The first-order valence-electron chi connectivity index (χ1n) is 11.9. The Balaban J connectivity index is 1.46. The molecule has 2 aromatic heterocycles. The molecule has 0 bridgehead atoms. The third-order valence-corrected chi connectivity index (χ3v) is 6.52. The molecule has 1 amide bonds. The molecule has 0 aliphatic carbocycles. The van der Waals surface area contributed by atoms with Gasteiger partial charge in [0.05, 0.1) is 30.5 Å². The van der Waals surface area contributed by atoms with Crippen LogP contribution >= 0.6 is 0 Å². The van der Waals surface area contributed by atoms with E-state index in [0.29, 0.717) is 47.9 Å². The Morgan fingerprint density at radius 1 is 1.29 bits per heavy atom. The van der Waals surface area contributed by atoms with Crippen LogP contribution in [0.4, 0.5) is 5.82 Å². The van der Waals surface area contributed by atoms with Crippen LogP contribution in [-0.4, -0.2) is 70.7 Å². The van der Waals surface area contributed by atoms with Gasteiger partial charge in [-0.1, -0.05) is 24.3 Å². The molecule has 0 spiro atoms. The van der Waals surface area contributed by atoms with E-state index in [0.717, 1.165) is 43.6 Å². The highest BCUT2D eigenvalue weighted by Crippen LogP contribution is 2.28. The number of ether oxygens (including phenoxy) is 1. The SMILES string of the molecule is N#C[C@@H]1COCCN1Cc1ccc(-c2cc(C(N)=O)c3ncnc(N[C@H]4CCCNC4)c3n2)cc1. The van der Waals surface area contributed by atoms with Crippen LogP contribution in [0.5, 0.6) is 0 Å². The van der Waals surface area contributed by atoms with Gasteiger partial charge in [-0.3, -0.25) is 9.69 Å². The number of carbonyl (C=O) groups is 1. The van der Waals surface area contributed by atoms with Gasteiger partial charge >= 0.3 is 0 Å². The maximum absolute atomic E-state index is 12.3. The summed E-state index contributed by atoms with van der Waals surface area (Å²) in [6.07, 6.45) is 3.54. The average molecular weight is 473 g/mol. The first-order valence-corrected chi connectivity index (χ1v) is 11.9. The average Bonchev–Trinajstić information content (AvgIpc) is 2.89. The number of amides is 1. The van der Waals surface area contributed by atoms with Crippen LogP contribution in [0, 0.1) is 11.3 Å². The Hall–Kier alpha value is -3.65. The van der Waals surface area contributed by atoms with E-state index in [1.807, 2.05) is 24.3 Å². The highest BCUT2D eigenvalue weighted by molar-refractivity contribution is 6.06. The number of fused-ring (bicyclic) bond motifs is 1. The fourth-order valence-corrected chi connectivity index (χ4v) is 4.61. The summed E-state index contributed by atoms with van der Waals surface area (Å²) in [6, 6.07) is 11.9. The monoisotopic (exact) mass is 472 g/mol. The number of carbonyl (C=O) groups excluding carboxylic acids is 1. The quantitative estimate of drug-likeness (QED) is 0.488. The van der Waals surface area contributed by atoms with Crippen molar-refractivity contribution in [2.45, 2.75) is 31.5 Å². The van der Waals surface area contributed by atoms with E-state index in [2.05, 4.69) is 31.6 Å². The molecule has 2 aliphatic heterocycles. The predicted octanol–water partition coefficient (Wildman–Crippen LogP) is 1.68. The lowest BCUT2D eigenvalue weighted by Crippen LogP contribution is -2.43. The highest BCUT2D eigenvalue weighted by atomic mass is 16.5. The van der Waals surface area contributed by atoms with Crippen LogP contribution in [0.15, 0.2) is 36.7 Å². The van der Waals surface area contributed by atoms with Gasteiger partial charge in [-0.25, -0.2) is 15.0 Å². The van der Waals surface area contributed by atoms with Crippen molar-refractivity contribution in [2.75, 3.05) is 38.2 Å². The Morgan fingerprint density at radius 3 is 2.89 bits per heavy atom. The fourth-order valence-electron chi connectivity index (χ4n) is 4.61. The molecule has 2 saturated heterocycles. The number of nitrogens with one attached hydrogen (secondary N) is 2. The van der Waals surface area contributed by atoms with Crippen LogP contribution < -0.4 is 16.4 Å². The summed E-state index contributed by atoms with van der Waals surface area (Å²) < 4.78 is 5.41. The number of morpholine rings is 1. The van der Waals surface area contributed by atoms with E-state index in [-0.39, 0.29) is 12.1 Å². The van der Waals surface area contributed by atoms with E-state index in [9.17, 15) is 10.1 Å². The van der Waals surface area contributed by atoms with Crippen LogP contribution in [-0.2, 0) is 11.3 Å². The summed E-state index contributed by atoms with van der Waals surface area (Å²) >= 11 is 0. The number of nitriles is 1. The van der Waals surface area contributed by atoms with Gasteiger partial charge in [0.1, 0.15) is 23.4 Å². The van der Waals surface area contributed by atoms with Crippen LogP contribution in [0.3, 0.4) is 0 Å². The first-order chi connectivity index (χ1) is 17.1. The smallest absolute Gasteiger partial charge is 0.251 e. The number of piperidine rings is 1. The number of aromatic nitrogens is 3. The molecule has 2 fully saturated rings. The number of nitrogens with two attached hydrogens (primary N) is 1. The molecule has 2 aliphatic rings. The number of nitrogens with zero attached hydrogens (tertiary/aromatic N) is 5. The molecule has 4 heterocycles. The molecular formula is C25H28N8O2. The standard InChI is InChI=1S/C25H28N8O2/c26-11-19-14-35-9-8-33(19)13-16-3-5-17(6-4-16)21-10-20(24(27)34)22-23(32-21)25(30-15-29-22)31-18-2-1-7-28-12-18/h3-6,10,15,18-19,28H,1-2,7-9,12-14H2,(H2,27,34)(H,29,30,31)/t18-,19+/m0/s1. The minimum atomic E-state index is -0.561. The Morgan fingerprint density at radius 2 is 2.14 bits per heavy atom. The topological polar surface area (TPSA) is 142 Å². The summed E-state index contributed by atoms with van der Waals surface area (Å²) in [4.78, 5) is 28.0. The fraction of sp³-hybridized carbons (Fsp3) is 0.400. The van der Waals surface area contributed by atoms with E-state index in [1.165, 1.54) is 6.33 Å². The number of pyridine rings is 1. The number of anilines is 1. The summed E-state index contributed by atoms with van der Waals surface area (Å²) in [7, 11) is 0. The van der Waals surface area contributed by atoms with Gasteiger partial charge in [0, 0.05) is 31.2 Å². The lowest BCUT2D eigenvalue weighted by atomic mass is 10.0. The molecular weight excluding hydrogens is 444 g/mol. The van der Waals surface area contributed by atoms with Crippen LogP contribution in [0.25, 0.3) is 22.3 Å². The molecule has 3 aromatic rings. The molecule has 10 heteroatoms. The third-order valence-electron chi connectivity index (χ3n) is 6.52. The number of rotatable bonds is 6. The minimum Gasteiger partial charge on any atom is -0.377 e. The van der Waals surface area contributed by atoms with Gasteiger partial charge in [0.25, 0.3) is 5.91 Å². The predicted molar refractivity (Wildman–Crippen MR) is 131 cm³/mol. The second kappa shape index (κ2) is 10.3. The second-order valence-electron chi connectivity index (χ2n) is 8.91. The summed E-state index contributed by atoms with van der Waals surface area (Å²) in [5.41, 5.74) is 9.56. The molecule has 180 valence electrons. The second-order valence-corrected chi connectivity index (χ2v) is 8.91. The molecule has 1 aromatic carbocycles. The van der Waals surface area contributed by atoms with Crippen molar-refractivity contribution < 1.29 is 9.53 Å². The van der Waals surface area contributed by atoms with Crippen molar-refractivity contribution >= 4 is 22.8 Å². The minimum absolute atomic E-state index is 0.223. The molecule has 0 radical (unpaired) electrons. The lowest BCUT2D eigenvalue weighted by Gasteiger charge is -2.31. The normalized spacial score (nSPS) is 20.9. The van der Waals surface area contributed by atoms with E-state index < -0.39 is 5.91 Å². The van der Waals surface area contributed by atoms with Gasteiger partial charge in [-0.2, -0.15) is 5.26 Å². The number of primary amides is 1. The molecule has 35 heavy (non-hydrogen) atoms. The van der Waals surface area contributed by atoms with Crippen molar-refractivity contribution in [1.82, 2.24) is 25.2 Å². The van der Waals surface area contributed by atoms with Gasteiger partial charge in [0.15, 0.2) is 5.82 Å². The molecule has 5 rings (SSSR count). The Labute approximate surface area is 203 Å². The lowest BCUT2D eigenvalue weighted by molar-refractivity contribution is 0.00889. The first kappa shape index (κ1) is 23.1. The Kier molecular flexibility index (Phi) is 6.81. The number of benzene rings is 1. The molecule has 0 saturated carbocycles. The summed E-state index contributed by atoms with van der Waals surface area (Å²) in [5.74, 6) is 0.0358. The van der Waals surface area contributed by atoms with Crippen molar-refractivity contribution in [1.29, 1.82) is 5.26 Å². The van der Waals surface area contributed by atoms with Gasteiger partial charge in [0.2, 0.25) is 0 Å². The maximum Gasteiger partial charge on any atom is 0.251 e. The van der Waals surface area contributed by atoms with Crippen LogP contribution in [0.1, 0.15) is 28.8 Å². The molecule has 2 atom stereocenters. The Bertz CT molecular complexity index is 1250. The summed E-state index contributed by atoms with van der Waals surface area (Å²) in [5, 5.41) is 16.2. The maximum atomic E-state index is 12.3. The summed E-state index contributed by atoms with van der Waals surface area (Å²) in [6.45, 7) is 4.29. The van der Waals surface area contributed by atoms with E-state index >= 15 is 0 Å². The van der Waals surface area contributed by atoms with Gasteiger partial charge in [-0.15, -0.1) is 0 Å². The highest BCUT2D eigenvalue weighted by Gasteiger charge is 2.23. The van der Waals surface area contributed by atoms with Crippen LogP contribution in [0.2, 0.25) is 0 Å². The van der Waals surface area contributed by atoms with E-state index in [4.69, 9.17) is 15.5 Å². The van der Waals surface area contributed by atoms with Crippen molar-refractivity contribution in [3.05, 3.63) is 47.8 Å². The molecule has 4 N–H and O–H groups in total. The zero-order chi connectivity index (χ0) is 24.2. The third kappa shape index (κ3) is 5.07. The number of hydrogen-bond acceptors (Lipinski definition) is 9. The van der Waals surface area contributed by atoms with E-state index in [1.54, 1.807) is 6.07 Å². The van der Waals surface area contributed by atoms with Gasteiger partial charge in [-0.05, 0) is 31.0 Å².